The maximum Gasteiger partial charge on any atom is 0.254 e. The van der Waals surface area contributed by atoms with E-state index in [0.717, 1.165) is 33.6 Å². The second kappa shape index (κ2) is 7.90. The van der Waals surface area contributed by atoms with E-state index in [-0.39, 0.29) is 5.91 Å². The first-order valence-electron chi connectivity index (χ1n) is 9.35. The monoisotopic (exact) mass is 377 g/mol. The summed E-state index contributed by atoms with van der Waals surface area (Å²) in [6.07, 6.45) is 3.52. The third-order valence-electron chi connectivity index (χ3n) is 4.83. The Labute approximate surface area is 164 Å². The number of hydrogen-bond acceptors (Lipinski definition) is 5. The van der Waals surface area contributed by atoms with Gasteiger partial charge in [-0.05, 0) is 37.6 Å². The van der Waals surface area contributed by atoms with Gasteiger partial charge in [-0.25, -0.2) is 4.68 Å². The van der Waals surface area contributed by atoms with Crippen molar-refractivity contribution < 1.29 is 9.53 Å². The van der Waals surface area contributed by atoms with Crippen molar-refractivity contribution in [3.8, 4) is 0 Å². The molecule has 0 radical (unpaired) electrons. The molecule has 1 aliphatic rings. The predicted molar refractivity (Wildman–Crippen MR) is 103 cm³/mol. The summed E-state index contributed by atoms with van der Waals surface area (Å²) in [5, 5.41) is 8.47. The topological polar surface area (TPSA) is 73.1 Å². The molecule has 1 aromatic carbocycles. The Morgan fingerprint density at radius 3 is 2.71 bits per heavy atom. The van der Waals surface area contributed by atoms with Crippen LogP contribution in [-0.4, -0.2) is 37.3 Å². The fourth-order valence-corrected chi connectivity index (χ4v) is 3.51. The van der Waals surface area contributed by atoms with Gasteiger partial charge in [0, 0.05) is 24.5 Å². The van der Waals surface area contributed by atoms with E-state index < -0.39 is 0 Å². The molecule has 3 heterocycles. The van der Waals surface area contributed by atoms with Gasteiger partial charge in [0.1, 0.15) is 5.69 Å². The third-order valence-corrected chi connectivity index (χ3v) is 4.83. The number of amides is 1. The Kier molecular flexibility index (Phi) is 5.16. The zero-order chi connectivity index (χ0) is 19.5. The van der Waals surface area contributed by atoms with Crippen LogP contribution in [0.5, 0.6) is 0 Å². The van der Waals surface area contributed by atoms with E-state index in [9.17, 15) is 4.79 Å². The maximum atomic E-state index is 13.0. The quantitative estimate of drug-likeness (QED) is 0.683. The number of rotatable bonds is 5. The SMILES string of the molecule is Cc1cc(C)cc(C(=O)N2CCn3nnc(COCc4cccnc4)c3C2)c1. The molecular formula is C21H23N5O2. The molecule has 0 fully saturated rings. The maximum absolute atomic E-state index is 13.0. The fourth-order valence-electron chi connectivity index (χ4n) is 3.51. The Bertz CT molecular complexity index is 963. The van der Waals surface area contributed by atoms with E-state index >= 15 is 0 Å². The van der Waals surface area contributed by atoms with E-state index in [1.54, 1.807) is 12.4 Å². The summed E-state index contributed by atoms with van der Waals surface area (Å²) >= 11 is 0. The summed E-state index contributed by atoms with van der Waals surface area (Å²) in [7, 11) is 0. The van der Waals surface area contributed by atoms with Crippen LogP contribution < -0.4 is 0 Å². The molecule has 7 heteroatoms. The molecule has 4 rings (SSSR count). The van der Waals surface area contributed by atoms with Gasteiger partial charge in [-0.1, -0.05) is 28.5 Å². The Balaban J connectivity index is 1.44. The number of fused-ring (bicyclic) bond motifs is 1. The van der Waals surface area contributed by atoms with Gasteiger partial charge in [0.2, 0.25) is 0 Å². The molecule has 144 valence electrons. The lowest BCUT2D eigenvalue weighted by Crippen LogP contribution is -2.38. The molecule has 0 N–H and O–H groups in total. The second-order valence-corrected chi connectivity index (χ2v) is 7.16. The summed E-state index contributed by atoms with van der Waals surface area (Å²) in [6.45, 7) is 6.60. The highest BCUT2D eigenvalue weighted by Crippen LogP contribution is 2.19. The summed E-state index contributed by atoms with van der Waals surface area (Å²) in [4.78, 5) is 18.9. The second-order valence-electron chi connectivity index (χ2n) is 7.16. The number of hydrogen-bond donors (Lipinski definition) is 0. The number of nitrogens with zero attached hydrogens (tertiary/aromatic N) is 5. The molecule has 28 heavy (non-hydrogen) atoms. The smallest absolute Gasteiger partial charge is 0.254 e. The van der Waals surface area contributed by atoms with Crippen molar-refractivity contribution in [3.05, 3.63) is 76.4 Å². The van der Waals surface area contributed by atoms with Crippen LogP contribution in [0, 0.1) is 13.8 Å². The molecule has 0 unspecified atom stereocenters. The van der Waals surface area contributed by atoms with E-state index in [2.05, 4.69) is 21.4 Å². The van der Waals surface area contributed by atoms with Gasteiger partial charge in [-0.2, -0.15) is 0 Å². The number of ether oxygens (including phenoxy) is 1. The van der Waals surface area contributed by atoms with E-state index in [1.165, 1.54) is 0 Å². The minimum absolute atomic E-state index is 0.0430. The van der Waals surface area contributed by atoms with Crippen molar-refractivity contribution >= 4 is 5.91 Å². The molecule has 1 amide bonds. The minimum Gasteiger partial charge on any atom is -0.370 e. The lowest BCUT2D eigenvalue weighted by atomic mass is 10.1. The number of carbonyl (C=O) groups excluding carboxylic acids is 1. The largest absolute Gasteiger partial charge is 0.370 e. The lowest BCUT2D eigenvalue weighted by Gasteiger charge is -2.28. The average molecular weight is 377 g/mol. The standard InChI is InChI=1S/C21H23N5O2/c1-15-8-16(2)10-18(9-15)21(27)25-6-7-26-20(12-25)19(23-24-26)14-28-13-17-4-3-5-22-11-17/h3-5,8-11H,6-7,12-14H2,1-2H3. The summed E-state index contributed by atoms with van der Waals surface area (Å²) in [6, 6.07) is 9.81. The first-order valence-corrected chi connectivity index (χ1v) is 9.35. The van der Waals surface area contributed by atoms with E-state index in [1.807, 2.05) is 47.7 Å². The highest BCUT2D eigenvalue weighted by molar-refractivity contribution is 5.94. The number of pyridine rings is 1. The zero-order valence-corrected chi connectivity index (χ0v) is 16.1. The van der Waals surface area contributed by atoms with Gasteiger partial charge >= 0.3 is 0 Å². The third kappa shape index (κ3) is 3.94. The van der Waals surface area contributed by atoms with E-state index in [4.69, 9.17) is 4.74 Å². The molecule has 0 saturated carbocycles. The van der Waals surface area contributed by atoms with Gasteiger partial charge < -0.3 is 9.64 Å². The van der Waals surface area contributed by atoms with Crippen LogP contribution in [0.3, 0.4) is 0 Å². The number of aryl methyl sites for hydroxylation is 2. The van der Waals surface area contributed by atoms with Crippen molar-refractivity contribution in [1.29, 1.82) is 0 Å². The lowest BCUT2D eigenvalue weighted by molar-refractivity contribution is 0.0698. The summed E-state index contributed by atoms with van der Waals surface area (Å²) in [5.74, 6) is 0.0430. The molecule has 7 nitrogen and oxygen atoms in total. The van der Waals surface area contributed by atoms with Crippen LogP contribution in [0.1, 0.15) is 38.4 Å². The first-order chi connectivity index (χ1) is 13.6. The van der Waals surface area contributed by atoms with Crippen LogP contribution in [0.4, 0.5) is 0 Å². The highest BCUT2D eigenvalue weighted by atomic mass is 16.5. The first kappa shape index (κ1) is 18.3. The average Bonchev–Trinajstić information content (AvgIpc) is 3.10. The summed E-state index contributed by atoms with van der Waals surface area (Å²) in [5.41, 5.74) is 5.65. The predicted octanol–water partition coefficient (Wildman–Crippen LogP) is 2.66. The number of benzene rings is 1. The Morgan fingerprint density at radius 1 is 1.14 bits per heavy atom. The molecule has 2 aromatic heterocycles. The molecule has 1 aliphatic heterocycles. The van der Waals surface area contributed by atoms with Crippen LogP contribution in [0.25, 0.3) is 0 Å². The zero-order valence-electron chi connectivity index (χ0n) is 16.1. The van der Waals surface area contributed by atoms with Crippen LogP contribution >= 0.6 is 0 Å². The molecule has 3 aromatic rings. The van der Waals surface area contributed by atoms with Gasteiger partial charge in [-0.15, -0.1) is 5.10 Å². The highest BCUT2D eigenvalue weighted by Gasteiger charge is 2.26. The molecule has 0 bridgehead atoms. The van der Waals surface area contributed by atoms with Crippen molar-refractivity contribution in [1.82, 2.24) is 24.9 Å². The van der Waals surface area contributed by atoms with Crippen molar-refractivity contribution in [2.75, 3.05) is 6.54 Å². The Hall–Kier alpha value is -3.06. The minimum atomic E-state index is 0.0430. The molecule has 0 atom stereocenters. The number of aromatic nitrogens is 4. The fraction of sp³-hybridized carbons (Fsp3) is 0.333. The van der Waals surface area contributed by atoms with Crippen molar-refractivity contribution in [3.63, 3.8) is 0 Å². The van der Waals surface area contributed by atoms with Crippen LogP contribution in [0.15, 0.2) is 42.7 Å². The van der Waals surface area contributed by atoms with Gasteiger partial charge in [-0.3, -0.25) is 9.78 Å². The van der Waals surface area contributed by atoms with Crippen molar-refractivity contribution in [2.24, 2.45) is 0 Å². The molecule has 0 spiro atoms. The number of carbonyl (C=O) groups is 1. The van der Waals surface area contributed by atoms with Gasteiger partial charge in [0.15, 0.2) is 0 Å². The van der Waals surface area contributed by atoms with Crippen LogP contribution in [-0.2, 0) is 31.0 Å². The molecular weight excluding hydrogens is 354 g/mol. The molecule has 0 saturated heterocycles. The Morgan fingerprint density at radius 2 is 1.96 bits per heavy atom. The van der Waals surface area contributed by atoms with Gasteiger partial charge in [0.25, 0.3) is 5.91 Å². The van der Waals surface area contributed by atoms with E-state index in [0.29, 0.717) is 32.8 Å². The normalized spacial score (nSPS) is 13.4. The van der Waals surface area contributed by atoms with Gasteiger partial charge in [0.05, 0.1) is 32.0 Å². The summed E-state index contributed by atoms with van der Waals surface area (Å²) < 4.78 is 7.65. The van der Waals surface area contributed by atoms with Crippen molar-refractivity contribution in [2.45, 2.75) is 40.2 Å². The van der Waals surface area contributed by atoms with Crippen LogP contribution in [0.2, 0.25) is 0 Å². The molecule has 0 aliphatic carbocycles.